The van der Waals surface area contributed by atoms with E-state index < -0.39 is 0 Å². The second-order valence-electron chi connectivity index (χ2n) is 3.39. The van der Waals surface area contributed by atoms with Crippen LogP contribution in [0, 0.1) is 6.92 Å². The van der Waals surface area contributed by atoms with Gasteiger partial charge >= 0.3 is 0 Å². The van der Waals surface area contributed by atoms with Crippen LogP contribution in [-0.2, 0) is 6.61 Å². The van der Waals surface area contributed by atoms with Gasteiger partial charge in [-0.3, -0.25) is 9.97 Å². The predicted octanol–water partition coefficient (Wildman–Crippen LogP) is 1.94. The van der Waals surface area contributed by atoms with E-state index in [-0.39, 0.29) is 6.61 Å². The molecule has 0 saturated heterocycles. The van der Waals surface area contributed by atoms with E-state index in [1.54, 1.807) is 18.6 Å². The average Bonchev–Trinajstić information content (AvgIpc) is 2.30. The molecule has 0 amide bonds. The lowest BCUT2D eigenvalue weighted by molar-refractivity contribution is 0.281. The average molecular weight is 200 g/mol. The first-order valence-electron chi connectivity index (χ1n) is 4.78. The molecule has 1 aromatic heterocycles. The van der Waals surface area contributed by atoms with E-state index in [0.29, 0.717) is 0 Å². The topological polar surface area (TPSA) is 46.0 Å². The number of aromatic nitrogens is 2. The SMILES string of the molecule is Cc1cc(-c2cnccn2)ccc1CO. The minimum atomic E-state index is 0.0760. The fraction of sp³-hybridized carbons (Fsp3) is 0.167. The van der Waals surface area contributed by atoms with Crippen molar-refractivity contribution < 1.29 is 5.11 Å². The number of hydrogen-bond acceptors (Lipinski definition) is 3. The first kappa shape index (κ1) is 9.80. The van der Waals surface area contributed by atoms with Crippen molar-refractivity contribution in [2.45, 2.75) is 13.5 Å². The summed E-state index contributed by atoms with van der Waals surface area (Å²) in [5.41, 5.74) is 3.89. The molecule has 1 N–H and O–H groups in total. The summed E-state index contributed by atoms with van der Waals surface area (Å²) >= 11 is 0. The van der Waals surface area contributed by atoms with Crippen LogP contribution in [0.5, 0.6) is 0 Å². The Bertz CT molecular complexity index is 454. The van der Waals surface area contributed by atoms with Crippen LogP contribution < -0.4 is 0 Å². The standard InChI is InChI=1S/C12H12N2O/c1-9-6-10(2-3-11(9)8-15)12-7-13-4-5-14-12/h2-7,15H,8H2,1H3. The molecule has 2 aromatic rings. The summed E-state index contributed by atoms with van der Waals surface area (Å²) in [6.07, 6.45) is 5.05. The third kappa shape index (κ3) is 2.02. The number of aliphatic hydroxyl groups is 1. The van der Waals surface area contributed by atoms with E-state index >= 15 is 0 Å². The van der Waals surface area contributed by atoms with Crippen molar-refractivity contribution in [1.29, 1.82) is 0 Å². The zero-order valence-electron chi connectivity index (χ0n) is 8.51. The summed E-state index contributed by atoms with van der Waals surface area (Å²) in [6.45, 7) is 2.05. The highest BCUT2D eigenvalue weighted by Gasteiger charge is 2.02. The molecule has 3 heteroatoms. The lowest BCUT2D eigenvalue weighted by Crippen LogP contribution is -1.90. The maximum atomic E-state index is 9.05. The second kappa shape index (κ2) is 4.19. The Hall–Kier alpha value is -1.74. The molecule has 0 atom stereocenters. The van der Waals surface area contributed by atoms with Gasteiger partial charge in [0.2, 0.25) is 0 Å². The van der Waals surface area contributed by atoms with Gasteiger partial charge in [-0.2, -0.15) is 0 Å². The molecule has 3 nitrogen and oxygen atoms in total. The smallest absolute Gasteiger partial charge is 0.0885 e. The van der Waals surface area contributed by atoms with E-state index in [9.17, 15) is 0 Å². The Morgan fingerprint density at radius 2 is 2.13 bits per heavy atom. The third-order valence-corrected chi connectivity index (χ3v) is 2.37. The number of aliphatic hydroxyl groups excluding tert-OH is 1. The Balaban J connectivity index is 2.43. The molecule has 0 saturated carbocycles. The van der Waals surface area contributed by atoms with Crippen LogP contribution in [0.25, 0.3) is 11.3 Å². The van der Waals surface area contributed by atoms with E-state index in [4.69, 9.17) is 5.11 Å². The summed E-state index contributed by atoms with van der Waals surface area (Å²) in [5.74, 6) is 0. The van der Waals surface area contributed by atoms with Crippen molar-refractivity contribution in [3.05, 3.63) is 47.9 Å². The largest absolute Gasteiger partial charge is 0.392 e. The highest BCUT2D eigenvalue weighted by atomic mass is 16.3. The Morgan fingerprint density at radius 1 is 1.27 bits per heavy atom. The summed E-state index contributed by atoms with van der Waals surface area (Å²) in [7, 11) is 0. The molecule has 2 rings (SSSR count). The zero-order valence-corrected chi connectivity index (χ0v) is 8.51. The minimum Gasteiger partial charge on any atom is -0.392 e. The molecular formula is C12H12N2O. The maximum Gasteiger partial charge on any atom is 0.0885 e. The van der Waals surface area contributed by atoms with Crippen LogP contribution in [0.1, 0.15) is 11.1 Å². The molecular weight excluding hydrogens is 188 g/mol. The number of rotatable bonds is 2. The molecule has 0 fully saturated rings. The molecule has 76 valence electrons. The summed E-state index contributed by atoms with van der Waals surface area (Å²) < 4.78 is 0. The second-order valence-corrected chi connectivity index (χ2v) is 3.39. The van der Waals surface area contributed by atoms with Gasteiger partial charge in [-0.25, -0.2) is 0 Å². The van der Waals surface area contributed by atoms with Crippen LogP contribution in [0.2, 0.25) is 0 Å². The van der Waals surface area contributed by atoms with Gasteiger partial charge in [0.05, 0.1) is 18.5 Å². The van der Waals surface area contributed by atoms with Crippen LogP contribution >= 0.6 is 0 Å². The third-order valence-electron chi connectivity index (χ3n) is 2.37. The Kier molecular flexibility index (Phi) is 2.74. The lowest BCUT2D eigenvalue weighted by atomic mass is 10.0. The van der Waals surface area contributed by atoms with Gasteiger partial charge in [0.1, 0.15) is 0 Å². The summed E-state index contributed by atoms with van der Waals surface area (Å²) in [5, 5.41) is 9.05. The van der Waals surface area contributed by atoms with Crippen LogP contribution in [-0.4, -0.2) is 15.1 Å². The predicted molar refractivity (Wildman–Crippen MR) is 58.1 cm³/mol. The quantitative estimate of drug-likeness (QED) is 0.805. The van der Waals surface area contributed by atoms with Crippen molar-refractivity contribution in [1.82, 2.24) is 9.97 Å². The van der Waals surface area contributed by atoms with Gasteiger partial charge in [-0.1, -0.05) is 12.1 Å². The minimum absolute atomic E-state index is 0.0760. The Labute approximate surface area is 88.5 Å². The summed E-state index contributed by atoms with van der Waals surface area (Å²) in [6, 6.07) is 5.87. The molecule has 0 aliphatic carbocycles. The number of benzene rings is 1. The molecule has 0 bridgehead atoms. The number of hydrogen-bond donors (Lipinski definition) is 1. The molecule has 1 aromatic carbocycles. The molecule has 1 heterocycles. The van der Waals surface area contributed by atoms with Gasteiger partial charge in [-0.15, -0.1) is 0 Å². The van der Waals surface area contributed by atoms with Gasteiger partial charge < -0.3 is 5.11 Å². The highest BCUT2D eigenvalue weighted by molar-refractivity contribution is 5.59. The first-order valence-corrected chi connectivity index (χ1v) is 4.78. The zero-order chi connectivity index (χ0) is 10.7. The molecule has 0 radical (unpaired) electrons. The van der Waals surface area contributed by atoms with Gasteiger partial charge in [0, 0.05) is 18.0 Å². The molecule has 0 unspecified atom stereocenters. The highest BCUT2D eigenvalue weighted by Crippen LogP contribution is 2.19. The van der Waals surface area contributed by atoms with Crippen LogP contribution in [0.15, 0.2) is 36.8 Å². The van der Waals surface area contributed by atoms with Crippen molar-refractivity contribution in [2.75, 3.05) is 0 Å². The molecule has 15 heavy (non-hydrogen) atoms. The lowest BCUT2D eigenvalue weighted by Gasteiger charge is -2.05. The molecule has 0 aliphatic rings. The maximum absolute atomic E-state index is 9.05. The van der Waals surface area contributed by atoms with Crippen LogP contribution in [0.4, 0.5) is 0 Å². The summed E-state index contributed by atoms with van der Waals surface area (Å²) in [4.78, 5) is 8.24. The van der Waals surface area contributed by atoms with Crippen molar-refractivity contribution >= 4 is 0 Å². The van der Waals surface area contributed by atoms with E-state index in [0.717, 1.165) is 22.4 Å². The van der Waals surface area contributed by atoms with Crippen molar-refractivity contribution in [3.8, 4) is 11.3 Å². The van der Waals surface area contributed by atoms with Crippen molar-refractivity contribution in [3.63, 3.8) is 0 Å². The Morgan fingerprint density at radius 3 is 2.73 bits per heavy atom. The van der Waals surface area contributed by atoms with Crippen LogP contribution in [0.3, 0.4) is 0 Å². The van der Waals surface area contributed by atoms with Crippen molar-refractivity contribution in [2.24, 2.45) is 0 Å². The number of nitrogens with zero attached hydrogens (tertiary/aromatic N) is 2. The molecule has 0 aliphatic heterocycles. The monoisotopic (exact) mass is 200 g/mol. The van der Waals surface area contributed by atoms with E-state index in [1.165, 1.54) is 0 Å². The fourth-order valence-corrected chi connectivity index (χ4v) is 1.48. The number of aryl methyl sites for hydroxylation is 1. The van der Waals surface area contributed by atoms with Gasteiger partial charge in [0.25, 0.3) is 0 Å². The fourth-order valence-electron chi connectivity index (χ4n) is 1.48. The van der Waals surface area contributed by atoms with Gasteiger partial charge in [-0.05, 0) is 24.1 Å². The van der Waals surface area contributed by atoms with E-state index in [2.05, 4.69) is 9.97 Å². The normalized spacial score (nSPS) is 10.3. The molecule has 0 spiro atoms. The first-order chi connectivity index (χ1) is 7.31. The van der Waals surface area contributed by atoms with E-state index in [1.807, 2.05) is 25.1 Å². The van der Waals surface area contributed by atoms with Gasteiger partial charge in [0.15, 0.2) is 0 Å².